The predicted molar refractivity (Wildman–Crippen MR) is 98.5 cm³/mol. The van der Waals surface area contributed by atoms with E-state index in [1.807, 2.05) is 64.1 Å². The van der Waals surface area contributed by atoms with E-state index in [9.17, 15) is 9.59 Å². The summed E-state index contributed by atoms with van der Waals surface area (Å²) >= 11 is 0. The third-order valence-corrected chi connectivity index (χ3v) is 4.14. The number of rotatable bonds is 4. The van der Waals surface area contributed by atoms with Gasteiger partial charge in [0, 0.05) is 18.3 Å². The number of nitrogens with one attached hydrogen (secondary N) is 1. The van der Waals surface area contributed by atoms with Gasteiger partial charge in [0.2, 0.25) is 11.8 Å². The van der Waals surface area contributed by atoms with Crippen LogP contribution in [0, 0.1) is 27.7 Å². The van der Waals surface area contributed by atoms with E-state index >= 15 is 0 Å². The fourth-order valence-electron chi connectivity index (χ4n) is 2.57. The summed E-state index contributed by atoms with van der Waals surface area (Å²) in [5, 5.41) is 2.89. The van der Waals surface area contributed by atoms with Gasteiger partial charge in [-0.15, -0.1) is 0 Å². The first-order valence-electron chi connectivity index (χ1n) is 8.00. The standard InChI is InChI=1S/C20H24N2O2/c1-13-6-9-19(16(4)10-13)21-20(24)12-22(17(5)23)18-8-7-14(2)15(3)11-18/h6-11H,12H2,1-5H3,(H,21,24). The Hall–Kier alpha value is -2.62. The summed E-state index contributed by atoms with van der Waals surface area (Å²) in [7, 11) is 0. The lowest BCUT2D eigenvalue weighted by molar-refractivity contribution is -0.120. The summed E-state index contributed by atoms with van der Waals surface area (Å²) in [5.74, 6) is -0.371. The van der Waals surface area contributed by atoms with Crippen LogP contribution in [-0.4, -0.2) is 18.4 Å². The molecule has 4 nitrogen and oxygen atoms in total. The molecule has 0 spiro atoms. The van der Waals surface area contributed by atoms with Crippen LogP contribution in [0.3, 0.4) is 0 Å². The van der Waals surface area contributed by atoms with Crippen molar-refractivity contribution in [3.05, 3.63) is 58.7 Å². The number of benzene rings is 2. The largest absolute Gasteiger partial charge is 0.324 e. The van der Waals surface area contributed by atoms with Crippen molar-refractivity contribution < 1.29 is 9.59 Å². The van der Waals surface area contributed by atoms with E-state index in [-0.39, 0.29) is 18.4 Å². The molecule has 1 N–H and O–H groups in total. The molecule has 4 heteroatoms. The molecule has 2 rings (SSSR count). The van der Waals surface area contributed by atoms with Gasteiger partial charge in [-0.25, -0.2) is 0 Å². The van der Waals surface area contributed by atoms with E-state index in [0.717, 1.165) is 33.6 Å². The van der Waals surface area contributed by atoms with Crippen LogP contribution < -0.4 is 10.2 Å². The van der Waals surface area contributed by atoms with Crippen LogP contribution in [0.25, 0.3) is 0 Å². The normalized spacial score (nSPS) is 10.4. The number of nitrogens with zero attached hydrogens (tertiary/aromatic N) is 1. The van der Waals surface area contributed by atoms with Gasteiger partial charge in [0.15, 0.2) is 0 Å². The topological polar surface area (TPSA) is 49.4 Å². The van der Waals surface area contributed by atoms with Gasteiger partial charge in [0.1, 0.15) is 6.54 Å². The Balaban J connectivity index is 2.16. The highest BCUT2D eigenvalue weighted by Gasteiger charge is 2.17. The van der Waals surface area contributed by atoms with E-state index in [0.29, 0.717) is 0 Å². The van der Waals surface area contributed by atoms with Crippen molar-refractivity contribution in [3.63, 3.8) is 0 Å². The van der Waals surface area contributed by atoms with Crippen molar-refractivity contribution in [2.24, 2.45) is 0 Å². The Morgan fingerprint density at radius 3 is 2.21 bits per heavy atom. The molecule has 2 aromatic carbocycles. The molecular formula is C20H24N2O2. The Bertz CT molecular complexity index is 781. The van der Waals surface area contributed by atoms with Crippen LogP contribution >= 0.6 is 0 Å². The van der Waals surface area contributed by atoms with Crippen LogP contribution in [0.2, 0.25) is 0 Å². The first-order chi connectivity index (χ1) is 11.3. The van der Waals surface area contributed by atoms with Crippen molar-refractivity contribution in [1.29, 1.82) is 0 Å². The molecule has 2 amide bonds. The molecular weight excluding hydrogens is 300 g/mol. The zero-order valence-corrected chi connectivity index (χ0v) is 14.9. The summed E-state index contributed by atoms with van der Waals surface area (Å²) in [5.41, 5.74) is 5.90. The van der Waals surface area contributed by atoms with E-state index < -0.39 is 0 Å². The molecule has 0 bridgehead atoms. The number of carbonyl (C=O) groups is 2. The SMILES string of the molecule is CC(=O)N(CC(=O)Nc1ccc(C)cc1C)c1ccc(C)c(C)c1. The van der Waals surface area contributed by atoms with Crippen LogP contribution in [-0.2, 0) is 9.59 Å². The first kappa shape index (κ1) is 17.7. The minimum absolute atomic E-state index is 0.00878. The van der Waals surface area contributed by atoms with Gasteiger partial charge in [-0.05, 0) is 62.6 Å². The Morgan fingerprint density at radius 2 is 1.62 bits per heavy atom. The highest BCUT2D eigenvalue weighted by molar-refractivity contribution is 6.02. The summed E-state index contributed by atoms with van der Waals surface area (Å²) in [4.78, 5) is 25.9. The quantitative estimate of drug-likeness (QED) is 0.927. The molecule has 0 unspecified atom stereocenters. The number of hydrogen-bond donors (Lipinski definition) is 1. The lowest BCUT2D eigenvalue weighted by Gasteiger charge is -2.22. The second kappa shape index (κ2) is 7.30. The van der Waals surface area contributed by atoms with Gasteiger partial charge < -0.3 is 10.2 Å². The number of aryl methyl sites for hydroxylation is 4. The van der Waals surface area contributed by atoms with Crippen LogP contribution in [0.15, 0.2) is 36.4 Å². The summed E-state index contributed by atoms with van der Waals surface area (Å²) < 4.78 is 0. The monoisotopic (exact) mass is 324 g/mol. The van der Waals surface area contributed by atoms with Gasteiger partial charge in [-0.1, -0.05) is 23.8 Å². The van der Waals surface area contributed by atoms with E-state index in [1.165, 1.54) is 11.8 Å². The molecule has 24 heavy (non-hydrogen) atoms. The summed E-state index contributed by atoms with van der Waals surface area (Å²) in [6.45, 7) is 9.44. The molecule has 0 aliphatic carbocycles. The second-order valence-corrected chi connectivity index (χ2v) is 6.24. The molecule has 0 aliphatic heterocycles. The molecule has 0 heterocycles. The molecule has 2 aromatic rings. The number of amides is 2. The van der Waals surface area contributed by atoms with E-state index in [1.54, 1.807) is 0 Å². The third kappa shape index (κ3) is 4.22. The van der Waals surface area contributed by atoms with Gasteiger partial charge in [-0.3, -0.25) is 9.59 Å². The molecule has 0 aliphatic rings. The fraction of sp³-hybridized carbons (Fsp3) is 0.300. The molecule has 126 valence electrons. The second-order valence-electron chi connectivity index (χ2n) is 6.24. The predicted octanol–water partition coefficient (Wildman–Crippen LogP) is 3.91. The van der Waals surface area contributed by atoms with Gasteiger partial charge in [0.05, 0.1) is 0 Å². The third-order valence-electron chi connectivity index (χ3n) is 4.14. The lowest BCUT2D eigenvalue weighted by atomic mass is 10.1. The first-order valence-corrected chi connectivity index (χ1v) is 8.00. The zero-order chi connectivity index (χ0) is 17.9. The highest BCUT2D eigenvalue weighted by atomic mass is 16.2. The molecule has 0 saturated carbocycles. The van der Waals surface area contributed by atoms with Crippen LogP contribution in [0.1, 0.15) is 29.2 Å². The minimum Gasteiger partial charge on any atom is -0.324 e. The van der Waals surface area contributed by atoms with Crippen LogP contribution in [0.4, 0.5) is 11.4 Å². The molecule has 0 fully saturated rings. The minimum atomic E-state index is -0.213. The Labute approximate surface area is 143 Å². The average Bonchev–Trinajstić information content (AvgIpc) is 2.50. The Morgan fingerprint density at radius 1 is 0.917 bits per heavy atom. The number of carbonyl (C=O) groups excluding carboxylic acids is 2. The Kier molecular flexibility index (Phi) is 5.39. The lowest BCUT2D eigenvalue weighted by Crippen LogP contribution is -2.36. The fourth-order valence-corrected chi connectivity index (χ4v) is 2.57. The summed E-state index contributed by atoms with van der Waals surface area (Å²) in [6, 6.07) is 11.6. The van der Waals surface area contributed by atoms with E-state index in [2.05, 4.69) is 5.32 Å². The zero-order valence-electron chi connectivity index (χ0n) is 14.9. The molecule has 0 aromatic heterocycles. The smallest absolute Gasteiger partial charge is 0.244 e. The maximum absolute atomic E-state index is 12.4. The van der Waals surface area contributed by atoms with E-state index in [4.69, 9.17) is 0 Å². The molecule has 0 radical (unpaired) electrons. The van der Waals surface area contributed by atoms with Gasteiger partial charge in [0.25, 0.3) is 0 Å². The maximum Gasteiger partial charge on any atom is 0.244 e. The van der Waals surface area contributed by atoms with Crippen molar-refractivity contribution in [2.45, 2.75) is 34.6 Å². The van der Waals surface area contributed by atoms with Crippen LogP contribution in [0.5, 0.6) is 0 Å². The number of hydrogen-bond acceptors (Lipinski definition) is 2. The number of anilines is 2. The maximum atomic E-state index is 12.4. The molecule has 0 saturated heterocycles. The van der Waals surface area contributed by atoms with Gasteiger partial charge in [-0.2, -0.15) is 0 Å². The van der Waals surface area contributed by atoms with Crippen molar-refractivity contribution in [3.8, 4) is 0 Å². The molecule has 0 atom stereocenters. The summed E-state index contributed by atoms with van der Waals surface area (Å²) in [6.07, 6.45) is 0. The van der Waals surface area contributed by atoms with Crippen molar-refractivity contribution in [1.82, 2.24) is 0 Å². The highest BCUT2D eigenvalue weighted by Crippen LogP contribution is 2.20. The van der Waals surface area contributed by atoms with Crippen molar-refractivity contribution >= 4 is 23.2 Å². The van der Waals surface area contributed by atoms with Crippen molar-refractivity contribution in [2.75, 3.05) is 16.8 Å². The van der Waals surface area contributed by atoms with Gasteiger partial charge >= 0.3 is 0 Å². The average molecular weight is 324 g/mol.